The van der Waals surface area contributed by atoms with E-state index in [1.54, 1.807) is 6.92 Å². The lowest BCUT2D eigenvalue weighted by atomic mass is 9.82. The van der Waals surface area contributed by atoms with E-state index in [1.807, 2.05) is 6.92 Å². The number of aryl methyl sites for hydroxylation is 1. The van der Waals surface area contributed by atoms with E-state index in [4.69, 9.17) is 9.47 Å². The van der Waals surface area contributed by atoms with Crippen LogP contribution in [0.25, 0.3) is 11.1 Å². The van der Waals surface area contributed by atoms with Crippen molar-refractivity contribution >= 4 is 5.97 Å². The molecule has 0 bridgehead atoms. The molecule has 0 spiro atoms. The summed E-state index contributed by atoms with van der Waals surface area (Å²) >= 11 is 0. The van der Waals surface area contributed by atoms with Crippen LogP contribution in [0.15, 0.2) is 36.4 Å². The minimum atomic E-state index is -1.34. The third-order valence-electron chi connectivity index (χ3n) is 7.04. The summed E-state index contributed by atoms with van der Waals surface area (Å²) in [5.41, 5.74) is -1.08. The second kappa shape index (κ2) is 12.1. The van der Waals surface area contributed by atoms with E-state index in [-0.39, 0.29) is 23.5 Å². The van der Waals surface area contributed by atoms with E-state index in [2.05, 4.69) is 0 Å². The summed E-state index contributed by atoms with van der Waals surface area (Å²) in [6.45, 7) is 3.53. The average Bonchev–Trinajstić information content (AvgIpc) is 2.92. The maximum Gasteiger partial charge on any atom is 0.341 e. The molecule has 1 fully saturated rings. The molecule has 0 saturated heterocycles. The molecule has 3 nitrogen and oxygen atoms in total. The van der Waals surface area contributed by atoms with Crippen LogP contribution in [0.1, 0.15) is 73.4 Å². The minimum absolute atomic E-state index is 0.0764. The largest absolute Gasteiger partial charge is 0.491 e. The molecule has 208 valence electrons. The summed E-state index contributed by atoms with van der Waals surface area (Å²) in [6, 6.07) is 7.41. The van der Waals surface area contributed by atoms with Crippen molar-refractivity contribution in [3.63, 3.8) is 0 Å². The lowest BCUT2D eigenvalue weighted by Gasteiger charge is -2.29. The van der Waals surface area contributed by atoms with Crippen LogP contribution in [-0.2, 0) is 11.2 Å². The lowest BCUT2D eigenvalue weighted by molar-refractivity contribution is 0.0188. The Bertz CT molecular complexity index is 1370. The fourth-order valence-corrected chi connectivity index (χ4v) is 5.01. The van der Waals surface area contributed by atoms with E-state index >= 15 is 8.78 Å². The highest BCUT2D eigenvalue weighted by molar-refractivity contribution is 5.90. The van der Waals surface area contributed by atoms with Crippen molar-refractivity contribution in [2.75, 3.05) is 6.61 Å². The molecular weight excluding hydrogens is 522 g/mol. The van der Waals surface area contributed by atoms with Gasteiger partial charge in [-0.05, 0) is 74.3 Å². The molecule has 0 N–H and O–H groups in total. The van der Waals surface area contributed by atoms with Crippen LogP contribution >= 0.6 is 0 Å². The molecular formula is C30H28F6O3. The molecule has 39 heavy (non-hydrogen) atoms. The molecule has 1 saturated carbocycles. The van der Waals surface area contributed by atoms with E-state index in [1.165, 1.54) is 24.3 Å². The lowest BCUT2D eigenvalue weighted by Crippen LogP contribution is -2.25. The standard InChI is InChI=1S/C30H28F6O3/c1-3-5-17-8-11-22(28(35)24(17)31)30(37)39-18-9-6-16(7-10-18)19-12-13-20(26(33)25(19)32)21-14-15-23(38-4-2)29(36)27(21)34/h8,11-16,18H,3-7,9-10H2,1-2H3. The summed E-state index contributed by atoms with van der Waals surface area (Å²) in [7, 11) is 0. The van der Waals surface area contributed by atoms with Gasteiger partial charge in [-0.25, -0.2) is 26.7 Å². The van der Waals surface area contributed by atoms with E-state index in [9.17, 15) is 22.4 Å². The van der Waals surface area contributed by atoms with E-state index < -0.39 is 69.6 Å². The van der Waals surface area contributed by atoms with Crippen molar-refractivity contribution in [2.45, 2.75) is 64.4 Å². The van der Waals surface area contributed by atoms with Crippen LogP contribution in [0.2, 0.25) is 0 Å². The predicted octanol–water partition coefficient (Wildman–Crippen LogP) is 8.42. The molecule has 4 rings (SSSR count). The highest BCUT2D eigenvalue weighted by Gasteiger charge is 2.30. The van der Waals surface area contributed by atoms with Gasteiger partial charge in [0, 0.05) is 11.1 Å². The van der Waals surface area contributed by atoms with Gasteiger partial charge in [0.25, 0.3) is 0 Å². The van der Waals surface area contributed by atoms with Gasteiger partial charge >= 0.3 is 5.97 Å². The Morgan fingerprint density at radius 3 is 2.03 bits per heavy atom. The Kier molecular flexibility index (Phi) is 8.87. The normalized spacial score (nSPS) is 17.2. The molecule has 3 aromatic rings. The first-order valence-corrected chi connectivity index (χ1v) is 12.9. The Morgan fingerprint density at radius 2 is 1.38 bits per heavy atom. The summed E-state index contributed by atoms with van der Waals surface area (Å²) in [6.07, 6.45) is 1.64. The first kappa shape index (κ1) is 28.5. The number of benzene rings is 3. The van der Waals surface area contributed by atoms with Crippen LogP contribution in [0, 0.1) is 34.9 Å². The van der Waals surface area contributed by atoms with Gasteiger partial charge in [0.2, 0.25) is 5.82 Å². The molecule has 0 atom stereocenters. The Morgan fingerprint density at radius 1 is 0.744 bits per heavy atom. The maximum absolute atomic E-state index is 15.1. The zero-order valence-electron chi connectivity index (χ0n) is 21.6. The smallest absolute Gasteiger partial charge is 0.341 e. The molecule has 0 amide bonds. The molecule has 0 unspecified atom stereocenters. The first-order chi connectivity index (χ1) is 18.7. The van der Waals surface area contributed by atoms with Crippen molar-refractivity contribution in [1.82, 2.24) is 0 Å². The second-order valence-corrected chi connectivity index (χ2v) is 9.53. The van der Waals surface area contributed by atoms with Gasteiger partial charge in [0.05, 0.1) is 12.2 Å². The zero-order valence-corrected chi connectivity index (χ0v) is 21.6. The molecule has 1 aliphatic rings. The fourth-order valence-electron chi connectivity index (χ4n) is 5.01. The SMILES string of the molecule is CCCc1ccc(C(=O)OC2CCC(c3ccc(-c4ccc(OCC)c(F)c4F)c(F)c3F)CC2)c(F)c1F. The Balaban J connectivity index is 1.44. The molecule has 9 heteroatoms. The minimum Gasteiger partial charge on any atom is -0.491 e. The quantitative estimate of drug-likeness (QED) is 0.209. The summed E-state index contributed by atoms with van der Waals surface area (Å²) < 4.78 is 98.0. The van der Waals surface area contributed by atoms with Crippen molar-refractivity contribution in [1.29, 1.82) is 0 Å². The average molecular weight is 551 g/mol. The highest BCUT2D eigenvalue weighted by atomic mass is 19.2. The van der Waals surface area contributed by atoms with Crippen LogP contribution in [-0.4, -0.2) is 18.7 Å². The van der Waals surface area contributed by atoms with Crippen molar-refractivity contribution < 1.29 is 40.6 Å². The van der Waals surface area contributed by atoms with Gasteiger partial charge in [0.1, 0.15) is 6.10 Å². The number of hydrogen-bond acceptors (Lipinski definition) is 3. The zero-order chi connectivity index (χ0) is 28.3. The Labute approximate surface area is 222 Å². The van der Waals surface area contributed by atoms with Crippen molar-refractivity contribution in [3.8, 4) is 16.9 Å². The van der Waals surface area contributed by atoms with Crippen molar-refractivity contribution in [2.24, 2.45) is 0 Å². The number of ether oxygens (including phenoxy) is 2. The number of carbonyl (C=O) groups excluding carboxylic acids is 1. The van der Waals surface area contributed by atoms with Gasteiger partial charge in [-0.2, -0.15) is 4.39 Å². The van der Waals surface area contributed by atoms with Gasteiger partial charge in [-0.3, -0.25) is 0 Å². The van der Waals surface area contributed by atoms with E-state index in [0.717, 1.165) is 12.1 Å². The second-order valence-electron chi connectivity index (χ2n) is 9.53. The molecule has 0 aliphatic heterocycles. The third-order valence-corrected chi connectivity index (χ3v) is 7.04. The maximum atomic E-state index is 15.1. The van der Waals surface area contributed by atoms with Gasteiger partial charge < -0.3 is 9.47 Å². The summed E-state index contributed by atoms with van der Waals surface area (Å²) in [5, 5.41) is 0. The van der Waals surface area contributed by atoms with Crippen molar-refractivity contribution in [3.05, 3.63) is 88.0 Å². The van der Waals surface area contributed by atoms with Crippen LogP contribution < -0.4 is 4.74 Å². The van der Waals surface area contributed by atoms with Gasteiger partial charge in [-0.15, -0.1) is 0 Å². The Hall–Kier alpha value is -3.49. The third kappa shape index (κ3) is 5.77. The van der Waals surface area contributed by atoms with Gasteiger partial charge in [-0.1, -0.05) is 31.5 Å². The summed E-state index contributed by atoms with van der Waals surface area (Å²) in [4.78, 5) is 12.5. The molecule has 0 radical (unpaired) electrons. The van der Waals surface area contributed by atoms with Crippen LogP contribution in [0.3, 0.4) is 0 Å². The summed E-state index contributed by atoms with van der Waals surface area (Å²) in [5.74, 6) is -9.12. The topological polar surface area (TPSA) is 35.5 Å². The number of halogens is 6. The van der Waals surface area contributed by atoms with E-state index in [0.29, 0.717) is 38.5 Å². The number of rotatable bonds is 8. The predicted molar refractivity (Wildman–Crippen MR) is 134 cm³/mol. The fraction of sp³-hybridized carbons (Fsp3) is 0.367. The molecule has 1 aliphatic carbocycles. The molecule has 3 aromatic carbocycles. The number of carbonyl (C=O) groups is 1. The monoisotopic (exact) mass is 550 g/mol. The van der Waals surface area contributed by atoms with Crippen LogP contribution in [0.5, 0.6) is 5.75 Å². The van der Waals surface area contributed by atoms with Gasteiger partial charge in [0.15, 0.2) is 34.8 Å². The first-order valence-electron chi connectivity index (χ1n) is 12.9. The molecule has 0 heterocycles. The van der Waals surface area contributed by atoms with Crippen LogP contribution in [0.4, 0.5) is 26.3 Å². The number of hydrogen-bond donors (Lipinski definition) is 0. The number of esters is 1. The highest BCUT2D eigenvalue weighted by Crippen LogP contribution is 2.39. The molecule has 0 aromatic heterocycles.